The molecular formula is C6H3F4NOS. The fourth-order valence-corrected chi connectivity index (χ4v) is 1.13. The van der Waals surface area contributed by atoms with Gasteiger partial charge in [-0.2, -0.15) is 8.78 Å². The minimum atomic E-state index is -4.64. The maximum absolute atomic E-state index is 12.4. The summed E-state index contributed by atoms with van der Waals surface area (Å²) in [5, 5.41) is 0.999. The molecule has 0 atom stereocenters. The van der Waals surface area contributed by atoms with Crippen LogP contribution in [0.2, 0.25) is 0 Å². The molecule has 72 valence electrons. The SMILES string of the molecule is O=C(c1cscn1)C(F)(F)C(F)F. The summed E-state index contributed by atoms with van der Waals surface area (Å²) in [7, 11) is 0. The topological polar surface area (TPSA) is 30.0 Å². The zero-order valence-corrected chi connectivity index (χ0v) is 6.82. The van der Waals surface area contributed by atoms with Crippen LogP contribution in [0.5, 0.6) is 0 Å². The van der Waals surface area contributed by atoms with Crippen molar-refractivity contribution in [2.75, 3.05) is 0 Å². The van der Waals surface area contributed by atoms with Gasteiger partial charge in [0.15, 0.2) is 0 Å². The third-order valence-corrected chi connectivity index (χ3v) is 1.83. The van der Waals surface area contributed by atoms with Gasteiger partial charge in [-0.05, 0) is 0 Å². The Kier molecular flexibility index (Phi) is 2.65. The molecule has 1 aromatic heterocycles. The van der Waals surface area contributed by atoms with Crippen LogP contribution in [0.25, 0.3) is 0 Å². The van der Waals surface area contributed by atoms with Crippen LogP contribution < -0.4 is 0 Å². The maximum atomic E-state index is 12.4. The van der Waals surface area contributed by atoms with Crippen LogP contribution >= 0.6 is 11.3 Å². The van der Waals surface area contributed by atoms with Gasteiger partial charge in [0.05, 0.1) is 5.51 Å². The molecule has 0 saturated carbocycles. The van der Waals surface area contributed by atoms with Gasteiger partial charge in [0.25, 0.3) is 5.78 Å². The maximum Gasteiger partial charge on any atom is 0.370 e. The van der Waals surface area contributed by atoms with E-state index >= 15 is 0 Å². The minimum Gasteiger partial charge on any atom is -0.285 e. The average Bonchev–Trinajstić information content (AvgIpc) is 2.54. The number of halogens is 4. The molecule has 0 N–H and O–H groups in total. The molecule has 0 amide bonds. The lowest BCUT2D eigenvalue weighted by Crippen LogP contribution is -2.36. The highest BCUT2D eigenvalue weighted by molar-refractivity contribution is 7.07. The molecule has 13 heavy (non-hydrogen) atoms. The van der Waals surface area contributed by atoms with Gasteiger partial charge in [-0.15, -0.1) is 11.3 Å². The number of nitrogens with zero attached hydrogens (tertiary/aromatic N) is 1. The number of carbonyl (C=O) groups excluding carboxylic acids is 1. The van der Waals surface area contributed by atoms with E-state index in [2.05, 4.69) is 4.98 Å². The van der Waals surface area contributed by atoms with E-state index in [0.29, 0.717) is 0 Å². The molecule has 0 aliphatic carbocycles. The first-order valence-corrected chi connectivity index (χ1v) is 3.99. The van der Waals surface area contributed by atoms with E-state index in [0.717, 1.165) is 22.2 Å². The van der Waals surface area contributed by atoms with E-state index in [9.17, 15) is 22.4 Å². The molecule has 0 bridgehead atoms. The average molecular weight is 213 g/mol. The van der Waals surface area contributed by atoms with E-state index < -0.39 is 23.8 Å². The highest BCUT2D eigenvalue weighted by Crippen LogP contribution is 2.27. The van der Waals surface area contributed by atoms with Crippen LogP contribution in [0, 0.1) is 0 Å². The molecule has 0 fully saturated rings. The highest BCUT2D eigenvalue weighted by Gasteiger charge is 2.49. The van der Waals surface area contributed by atoms with Crippen molar-refractivity contribution >= 4 is 17.1 Å². The van der Waals surface area contributed by atoms with Gasteiger partial charge in [0.2, 0.25) is 0 Å². The van der Waals surface area contributed by atoms with Crippen molar-refractivity contribution in [3.05, 3.63) is 16.6 Å². The number of rotatable bonds is 3. The van der Waals surface area contributed by atoms with Crippen LogP contribution in [0.3, 0.4) is 0 Å². The lowest BCUT2D eigenvalue weighted by molar-refractivity contribution is -0.0960. The normalized spacial score (nSPS) is 12.1. The largest absolute Gasteiger partial charge is 0.370 e. The number of thiazole rings is 1. The molecule has 1 heterocycles. The molecule has 0 unspecified atom stereocenters. The predicted octanol–water partition coefficient (Wildman–Crippen LogP) is 2.23. The summed E-state index contributed by atoms with van der Waals surface area (Å²) < 4.78 is 48.1. The summed E-state index contributed by atoms with van der Waals surface area (Å²) in [5.41, 5.74) is 0.490. The van der Waals surface area contributed by atoms with Gasteiger partial charge in [-0.3, -0.25) is 4.79 Å². The number of alkyl halides is 4. The smallest absolute Gasteiger partial charge is 0.285 e. The molecule has 0 aromatic carbocycles. The summed E-state index contributed by atoms with van der Waals surface area (Å²) in [5.74, 6) is -6.59. The van der Waals surface area contributed by atoms with Crippen molar-refractivity contribution in [2.24, 2.45) is 0 Å². The molecule has 1 rings (SSSR count). The predicted molar refractivity (Wildman–Crippen MR) is 37.4 cm³/mol. The number of hydrogen-bond donors (Lipinski definition) is 0. The third-order valence-electron chi connectivity index (χ3n) is 1.24. The van der Waals surface area contributed by atoms with E-state index in [4.69, 9.17) is 0 Å². The Hall–Kier alpha value is -0.980. The van der Waals surface area contributed by atoms with Crippen LogP contribution in [0.15, 0.2) is 10.9 Å². The molecule has 0 saturated heterocycles. The van der Waals surface area contributed by atoms with Crippen molar-refractivity contribution < 1.29 is 22.4 Å². The zero-order chi connectivity index (χ0) is 10.1. The van der Waals surface area contributed by atoms with Crippen LogP contribution in [0.1, 0.15) is 10.5 Å². The van der Waals surface area contributed by atoms with Crippen molar-refractivity contribution in [1.82, 2.24) is 4.98 Å². The van der Waals surface area contributed by atoms with Gasteiger partial charge in [0, 0.05) is 5.38 Å². The quantitative estimate of drug-likeness (QED) is 0.569. The van der Waals surface area contributed by atoms with Gasteiger partial charge < -0.3 is 0 Å². The molecule has 7 heteroatoms. The lowest BCUT2D eigenvalue weighted by atomic mass is 10.2. The van der Waals surface area contributed by atoms with E-state index in [1.54, 1.807) is 0 Å². The van der Waals surface area contributed by atoms with Gasteiger partial charge >= 0.3 is 12.3 Å². The number of ketones is 1. The fourth-order valence-electron chi connectivity index (χ4n) is 0.595. The van der Waals surface area contributed by atoms with Gasteiger partial charge in [0.1, 0.15) is 5.69 Å². The van der Waals surface area contributed by atoms with Crippen LogP contribution in [-0.2, 0) is 0 Å². The molecule has 1 aromatic rings. The highest BCUT2D eigenvalue weighted by atomic mass is 32.1. The second-order valence-electron chi connectivity index (χ2n) is 2.13. The first kappa shape index (κ1) is 10.1. The number of hydrogen-bond acceptors (Lipinski definition) is 3. The lowest BCUT2D eigenvalue weighted by Gasteiger charge is -2.11. The molecule has 0 spiro atoms. The Morgan fingerprint density at radius 2 is 2.15 bits per heavy atom. The monoisotopic (exact) mass is 213 g/mol. The standard InChI is InChI=1S/C6H3F4NOS/c7-5(8)6(9,10)4(12)3-1-13-2-11-3/h1-2,5H. The summed E-state index contributed by atoms with van der Waals surface area (Å²) in [4.78, 5) is 13.9. The Bertz CT molecular complexity index is 298. The molecule has 0 aliphatic rings. The van der Waals surface area contributed by atoms with E-state index in [1.807, 2.05) is 0 Å². The number of aromatic nitrogens is 1. The summed E-state index contributed by atoms with van der Waals surface area (Å²) >= 11 is 0.886. The van der Waals surface area contributed by atoms with E-state index in [-0.39, 0.29) is 0 Å². The van der Waals surface area contributed by atoms with Gasteiger partial charge in [-0.25, -0.2) is 13.8 Å². The Morgan fingerprint density at radius 3 is 2.54 bits per heavy atom. The Balaban J connectivity index is 2.91. The number of Topliss-reactive ketones (excluding diaryl/α,β-unsaturated/α-hetero) is 1. The first-order chi connectivity index (χ1) is 5.96. The molecule has 0 radical (unpaired) electrons. The van der Waals surface area contributed by atoms with Gasteiger partial charge in [-0.1, -0.05) is 0 Å². The van der Waals surface area contributed by atoms with Crippen molar-refractivity contribution in [3.63, 3.8) is 0 Å². The van der Waals surface area contributed by atoms with Crippen LogP contribution in [0.4, 0.5) is 17.6 Å². The zero-order valence-electron chi connectivity index (χ0n) is 6.01. The first-order valence-electron chi connectivity index (χ1n) is 3.05. The second-order valence-corrected chi connectivity index (χ2v) is 2.85. The van der Waals surface area contributed by atoms with Crippen molar-refractivity contribution in [1.29, 1.82) is 0 Å². The third kappa shape index (κ3) is 1.85. The number of carbonyl (C=O) groups is 1. The van der Waals surface area contributed by atoms with Crippen molar-refractivity contribution in [3.8, 4) is 0 Å². The fraction of sp³-hybridized carbons (Fsp3) is 0.333. The van der Waals surface area contributed by atoms with Crippen LogP contribution in [-0.4, -0.2) is 23.1 Å². The molecule has 2 nitrogen and oxygen atoms in total. The minimum absolute atomic E-state index is 0.629. The van der Waals surface area contributed by atoms with Crippen molar-refractivity contribution in [2.45, 2.75) is 12.3 Å². The summed E-state index contributed by atoms with van der Waals surface area (Å²) in [6.45, 7) is 0. The molecular weight excluding hydrogens is 210 g/mol. The Morgan fingerprint density at radius 1 is 1.54 bits per heavy atom. The summed E-state index contributed by atoms with van der Waals surface area (Å²) in [6.07, 6.45) is -4.00. The summed E-state index contributed by atoms with van der Waals surface area (Å²) in [6, 6.07) is 0. The molecule has 0 aliphatic heterocycles. The Labute approximate surface area is 74.2 Å². The van der Waals surface area contributed by atoms with E-state index in [1.165, 1.54) is 0 Å². The second kappa shape index (κ2) is 3.41.